The van der Waals surface area contributed by atoms with Crippen LogP contribution in [0.2, 0.25) is 0 Å². The number of ether oxygens (including phenoxy) is 1. The Kier molecular flexibility index (Phi) is 6.58. The molecule has 0 aliphatic carbocycles. The van der Waals surface area contributed by atoms with Crippen molar-refractivity contribution in [2.45, 2.75) is 32.2 Å². The zero-order valence-corrected chi connectivity index (χ0v) is 15.3. The van der Waals surface area contributed by atoms with Crippen molar-refractivity contribution in [3.05, 3.63) is 34.4 Å². The third-order valence-electron chi connectivity index (χ3n) is 3.63. The molecule has 0 saturated carbocycles. The van der Waals surface area contributed by atoms with Crippen LogP contribution in [0, 0.1) is 0 Å². The lowest BCUT2D eigenvalue weighted by atomic mass is 10.1. The summed E-state index contributed by atoms with van der Waals surface area (Å²) in [6.45, 7) is 2.05. The Morgan fingerprint density at radius 2 is 2.20 bits per heavy atom. The van der Waals surface area contributed by atoms with Crippen molar-refractivity contribution in [3.8, 4) is 0 Å². The third kappa shape index (κ3) is 5.06. The highest BCUT2D eigenvalue weighted by molar-refractivity contribution is 9.10. The number of carboxylic acids is 1. The summed E-state index contributed by atoms with van der Waals surface area (Å²) in [7, 11) is 0. The van der Waals surface area contributed by atoms with Crippen molar-refractivity contribution in [2.75, 3.05) is 12.0 Å². The number of hydrogen-bond donors (Lipinski definition) is 2. The standard InChI is InChI=1S/C17H19BrN2O5/c1-2-25-17(24)7-11-9-20(15-5-3-12(18)8-14(11)15)19-13(10-21)4-6-16(22)23/h3,5,8-10,13,19H,2,4,6-7H2,1H3,(H,22,23)/t13-/m0/s1. The summed E-state index contributed by atoms with van der Waals surface area (Å²) in [5, 5.41) is 9.62. The summed E-state index contributed by atoms with van der Waals surface area (Å²) in [4.78, 5) is 33.8. The van der Waals surface area contributed by atoms with Crippen LogP contribution in [0.25, 0.3) is 10.9 Å². The molecule has 2 aromatic rings. The van der Waals surface area contributed by atoms with Crippen molar-refractivity contribution in [1.82, 2.24) is 4.68 Å². The van der Waals surface area contributed by atoms with Crippen LogP contribution >= 0.6 is 15.9 Å². The highest BCUT2D eigenvalue weighted by atomic mass is 79.9. The maximum atomic E-state index is 11.8. The number of aromatic nitrogens is 1. The van der Waals surface area contributed by atoms with Gasteiger partial charge in [0.15, 0.2) is 0 Å². The van der Waals surface area contributed by atoms with Crippen molar-refractivity contribution in [1.29, 1.82) is 0 Å². The fourth-order valence-corrected chi connectivity index (χ4v) is 2.87. The van der Waals surface area contributed by atoms with E-state index in [0.29, 0.717) is 12.9 Å². The van der Waals surface area contributed by atoms with E-state index >= 15 is 0 Å². The van der Waals surface area contributed by atoms with Crippen molar-refractivity contribution < 1.29 is 24.2 Å². The van der Waals surface area contributed by atoms with E-state index in [-0.39, 0.29) is 25.2 Å². The first-order chi connectivity index (χ1) is 11.9. The molecule has 0 unspecified atom stereocenters. The lowest BCUT2D eigenvalue weighted by molar-refractivity contribution is -0.142. The Hall–Kier alpha value is -2.35. The van der Waals surface area contributed by atoms with Gasteiger partial charge >= 0.3 is 11.9 Å². The average molecular weight is 411 g/mol. The minimum atomic E-state index is -0.960. The molecule has 2 N–H and O–H groups in total. The van der Waals surface area contributed by atoms with E-state index in [4.69, 9.17) is 9.84 Å². The lowest BCUT2D eigenvalue weighted by Crippen LogP contribution is -2.29. The Morgan fingerprint density at radius 1 is 1.44 bits per heavy atom. The van der Waals surface area contributed by atoms with Crippen LogP contribution in [-0.4, -0.2) is 40.7 Å². The number of benzene rings is 1. The monoisotopic (exact) mass is 410 g/mol. The second-order valence-corrected chi connectivity index (χ2v) is 6.39. The molecule has 0 amide bonds. The minimum Gasteiger partial charge on any atom is -0.481 e. The van der Waals surface area contributed by atoms with Crippen LogP contribution in [0.3, 0.4) is 0 Å². The Balaban J connectivity index is 2.31. The smallest absolute Gasteiger partial charge is 0.310 e. The van der Waals surface area contributed by atoms with Gasteiger partial charge in [0.05, 0.1) is 24.6 Å². The molecule has 0 saturated heterocycles. The van der Waals surface area contributed by atoms with Gasteiger partial charge in [-0.15, -0.1) is 0 Å². The first-order valence-corrected chi connectivity index (χ1v) is 8.62. The molecule has 25 heavy (non-hydrogen) atoms. The van der Waals surface area contributed by atoms with E-state index in [2.05, 4.69) is 21.4 Å². The van der Waals surface area contributed by atoms with Gasteiger partial charge < -0.3 is 20.1 Å². The zero-order valence-electron chi connectivity index (χ0n) is 13.7. The summed E-state index contributed by atoms with van der Waals surface area (Å²) >= 11 is 3.41. The fourth-order valence-electron chi connectivity index (χ4n) is 2.51. The number of fused-ring (bicyclic) bond motifs is 1. The summed E-state index contributed by atoms with van der Waals surface area (Å²) in [6, 6.07) is 4.93. The number of esters is 1. The molecule has 1 atom stereocenters. The van der Waals surface area contributed by atoms with Crippen molar-refractivity contribution >= 4 is 45.1 Å². The number of carbonyl (C=O) groups excluding carboxylic acids is 2. The van der Waals surface area contributed by atoms with Crippen LogP contribution in [0.5, 0.6) is 0 Å². The predicted octanol–water partition coefficient (Wildman–Crippen LogP) is 2.49. The molecule has 1 heterocycles. The van der Waals surface area contributed by atoms with Crippen LogP contribution in [0.4, 0.5) is 0 Å². The number of halogens is 1. The number of nitrogens with zero attached hydrogens (tertiary/aromatic N) is 1. The second kappa shape index (κ2) is 8.66. The van der Waals surface area contributed by atoms with Gasteiger partial charge in [-0.3, -0.25) is 14.3 Å². The van der Waals surface area contributed by atoms with Crippen molar-refractivity contribution in [3.63, 3.8) is 0 Å². The molecule has 0 aliphatic heterocycles. The summed E-state index contributed by atoms with van der Waals surface area (Å²) in [5.74, 6) is -1.29. The molecule has 0 spiro atoms. The SMILES string of the molecule is CCOC(=O)Cc1cn(N[C@H](C=O)CCC(=O)O)c2ccc(Br)cc12. The van der Waals surface area contributed by atoms with E-state index in [1.165, 1.54) is 0 Å². The quantitative estimate of drug-likeness (QED) is 0.486. The summed E-state index contributed by atoms with van der Waals surface area (Å²) < 4.78 is 7.51. The van der Waals surface area contributed by atoms with Crippen LogP contribution in [0.1, 0.15) is 25.3 Å². The molecule has 1 aromatic heterocycles. The third-order valence-corrected chi connectivity index (χ3v) is 4.12. The molecule has 8 heteroatoms. The predicted molar refractivity (Wildman–Crippen MR) is 96.1 cm³/mol. The normalized spacial score (nSPS) is 11.9. The Labute approximate surface area is 153 Å². The Bertz CT molecular complexity index is 787. The minimum absolute atomic E-state index is 0.107. The molecular weight excluding hydrogens is 392 g/mol. The zero-order chi connectivity index (χ0) is 18.4. The van der Waals surface area contributed by atoms with Gasteiger partial charge in [-0.25, -0.2) is 0 Å². The maximum absolute atomic E-state index is 11.8. The molecule has 0 radical (unpaired) electrons. The number of nitrogens with one attached hydrogen (secondary N) is 1. The number of carbonyl (C=O) groups is 3. The van der Waals surface area contributed by atoms with Crippen molar-refractivity contribution in [2.24, 2.45) is 0 Å². The number of rotatable bonds is 9. The van der Waals surface area contributed by atoms with Gasteiger partial charge in [0.1, 0.15) is 6.29 Å². The van der Waals surface area contributed by atoms with E-state index in [0.717, 1.165) is 20.9 Å². The molecule has 134 valence electrons. The van der Waals surface area contributed by atoms with Gasteiger partial charge in [0, 0.05) is 22.5 Å². The largest absolute Gasteiger partial charge is 0.481 e. The van der Waals surface area contributed by atoms with E-state index in [9.17, 15) is 14.4 Å². The topological polar surface area (TPSA) is 97.6 Å². The van der Waals surface area contributed by atoms with Gasteiger partial charge in [-0.05, 0) is 37.1 Å². The molecule has 7 nitrogen and oxygen atoms in total. The molecule has 1 aromatic carbocycles. The summed E-state index contributed by atoms with van der Waals surface area (Å²) in [6.07, 6.45) is 2.57. The molecule has 0 aliphatic rings. The molecular formula is C17H19BrN2O5. The van der Waals surface area contributed by atoms with Crippen LogP contribution in [0.15, 0.2) is 28.9 Å². The van der Waals surface area contributed by atoms with Crippen LogP contribution in [-0.2, 0) is 25.5 Å². The highest BCUT2D eigenvalue weighted by Crippen LogP contribution is 2.25. The number of hydrogen-bond acceptors (Lipinski definition) is 5. The van der Waals surface area contributed by atoms with E-state index in [1.807, 2.05) is 18.2 Å². The average Bonchev–Trinajstić information content (AvgIpc) is 2.88. The van der Waals surface area contributed by atoms with Crippen LogP contribution < -0.4 is 5.43 Å². The Morgan fingerprint density at radius 3 is 2.84 bits per heavy atom. The van der Waals surface area contributed by atoms with E-state index < -0.39 is 12.0 Å². The molecule has 0 bridgehead atoms. The molecule has 0 fully saturated rings. The van der Waals surface area contributed by atoms with E-state index in [1.54, 1.807) is 17.8 Å². The van der Waals surface area contributed by atoms with Gasteiger partial charge in [-0.2, -0.15) is 0 Å². The fraction of sp³-hybridized carbons (Fsp3) is 0.353. The first-order valence-electron chi connectivity index (χ1n) is 7.83. The van der Waals surface area contributed by atoms with Gasteiger partial charge in [-0.1, -0.05) is 15.9 Å². The molecule has 2 rings (SSSR count). The number of aliphatic carboxylic acids is 1. The van der Waals surface area contributed by atoms with Gasteiger partial charge in [0.2, 0.25) is 0 Å². The summed E-state index contributed by atoms with van der Waals surface area (Å²) in [5.41, 5.74) is 4.53. The lowest BCUT2D eigenvalue weighted by Gasteiger charge is -2.15. The second-order valence-electron chi connectivity index (χ2n) is 5.47. The number of aldehydes is 1. The highest BCUT2D eigenvalue weighted by Gasteiger charge is 2.16. The number of carboxylic acid groups (broad SMARTS) is 1. The van der Waals surface area contributed by atoms with Gasteiger partial charge in [0.25, 0.3) is 0 Å². The maximum Gasteiger partial charge on any atom is 0.310 e. The first kappa shape index (κ1) is 19.0.